The highest BCUT2D eigenvalue weighted by Crippen LogP contribution is 2.18. The summed E-state index contributed by atoms with van der Waals surface area (Å²) in [6.45, 7) is 3.07. The van der Waals surface area contributed by atoms with Crippen LogP contribution in [0.15, 0.2) is 18.2 Å². The maximum atomic E-state index is 12.1. The third-order valence-electron chi connectivity index (χ3n) is 3.38. The van der Waals surface area contributed by atoms with Crippen molar-refractivity contribution in [3.8, 4) is 11.8 Å². The molecule has 1 heterocycles. The van der Waals surface area contributed by atoms with E-state index in [1.165, 1.54) is 0 Å². The molecule has 3 N–H and O–H groups in total. The number of rotatable bonds is 3. The van der Waals surface area contributed by atoms with E-state index in [9.17, 15) is 4.79 Å². The van der Waals surface area contributed by atoms with E-state index in [2.05, 4.69) is 17.2 Å². The molecule has 0 bridgehead atoms. The van der Waals surface area contributed by atoms with E-state index < -0.39 is 0 Å². The maximum absolute atomic E-state index is 12.1. The molecule has 1 fully saturated rings. The van der Waals surface area contributed by atoms with E-state index in [1.54, 1.807) is 0 Å². The standard InChI is InChI=1S/C17H22N2O2/c1-13-9-14(5-4-7-18)11-15(10-13)19-17(20)12-16-6-2-3-8-21-16/h9-11,16H,2-3,6-8,12,18H2,1H3,(H,19,20). The molecule has 21 heavy (non-hydrogen) atoms. The Labute approximate surface area is 126 Å². The van der Waals surface area contributed by atoms with Crippen molar-refractivity contribution in [2.75, 3.05) is 18.5 Å². The molecule has 0 saturated carbocycles. The van der Waals surface area contributed by atoms with Crippen LogP contribution in [0, 0.1) is 18.8 Å². The normalized spacial score (nSPS) is 17.7. The second-order valence-electron chi connectivity index (χ2n) is 5.33. The predicted octanol–water partition coefficient (Wildman–Crippen LogP) is 2.20. The molecule has 4 heteroatoms. The number of nitrogens with one attached hydrogen (secondary N) is 1. The second-order valence-corrected chi connectivity index (χ2v) is 5.33. The predicted molar refractivity (Wildman–Crippen MR) is 83.9 cm³/mol. The van der Waals surface area contributed by atoms with Gasteiger partial charge < -0.3 is 15.8 Å². The van der Waals surface area contributed by atoms with Crippen LogP contribution in [-0.4, -0.2) is 25.2 Å². The SMILES string of the molecule is Cc1cc(C#CCN)cc(NC(=O)CC2CCCCO2)c1. The summed E-state index contributed by atoms with van der Waals surface area (Å²) in [5, 5.41) is 2.93. The van der Waals surface area contributed by atoms with E-state index in [0.717, 1.165) is 42.7 Å². The van der Waals surface area contributed by atoms with Gasteiger partial charge in [0.1, 0.15) is 0 Å². The Bertz CT molecular complexity index is 552. The lowest BCUT2D eigenvalue weighted by atomic mass is 10.1. The fourth-order valence-electron chi connectivity index (χ4n) is 2.47. The van der Waals surface area contributed by atoms with Gasteiger partial charge in [-0.2, -0.15) is 0 Å². The quantitative estimate of drug-likeness (QED) is 0.837. The minimum absolute atomic E-state index is 0.00904. The number of nitrogens with two attached hydrogens (primary N) is 1. The summed E-state index contributed by atoms with van der Waals surface area (Å²) in [5.74, 6) is 5.80. The lowest BCUT2D eigenvalue weighted by molar-refractivity contribution is -0.119. The first-order valence-electron chi connectivity index (χ1n) is 7.39. The summed E-state index contributed by atoms with van der Waals surface area (Å²) in [6.07, 6.45) is 3.67. The summed E-state index contributed by atoms with van der Waals surface area (Å²) < 4.78 is 5.59. The van der Waals surface area contributed by atoms with E-state index >= 15 is 0 Å². The van der Waals surface area contributed by atoms with Crippen molar-refractivity contribution in [1.82, 2.24) is 0 Å². The zero-order chi connectivity index (χ0) is 15.1. The van der Waals surface area contributed by atoms with Crippen molar-refractivity contribution in [3.63, 3.8) is 0 Å². The number of anilines is 1. The molecule has 0 radical (unpaired) electrons. The van der Waals surface area contributed by atoms with Crippen molar-refractivity contribution in [2.45, 2.75) is 38.7 Å². The van der Waals surface area contributed by atoms with Gasteiger partial charge in [0.05, 0.1) is 19.1 Å². The number of amides is 1. The van der Waals surface area contributed by atoms with Crippen molar-refractivity contribution < 1.29 is 9.53 Å². The lowest BCUT2D eigenvalue weighted by Gasteiger charge is -2.22. The molecule has 2 rings (SSSR count). The van der Waals surface area contributed by atoms with Crippen molar-refractivity contribution >= 4 is 11.6 Å². The van der Waals surface area contributed by atoms with Gasteiger partial charge in [0.2, 0.25) is 5.91 Å². The van der Waals surface area contributed by atoms with Gasteiger partial charge in [-0.05, 0) is 49.9 Å². The van der Waals surface area contributed by atoms with Gasteiger partial charge in [-0.1, -0.05) is 11.8 Å². The van der Waals surface area contributed by atoms with Gasteiger partial charge in [-0.15, -0.1) is 0 Å². The Hall–Kier alpha value is -1.83. The summed E-state index contributed by atoms with van der Waals surface area (Å²) in [6, 6.07) is 5.78. The zero-order valence-corrected chi connectivity index (χ0v) is 12.4. The Kier molecular flexibility index (Phi) is 5.79. The molecule has 1 saturated heterocycles. The number of aryl methyl sites for hydroxylation is 1. The number of benzene rings is 1. The van der Waals surface area contributed by atoms with Gasteiger partial charge in [0.25, 0.3) is 0 Å². The summed E-state index contributed by atoms with van der Waals surface area (Å²) in [4.78, 5) is 12.1. The van der Waals surface area contributed by atoms with E-state index in [1.807, 2.05) is 25.1 Å². The van der Waals surface area contributed by atoms with E-state index in [4.69, 9.17) is 10.5 Å². The molecule has 1 aliphatic heterocycles. The molecule has 0 aliphatic carbocycles. The Balaban J connectivity index is 1.97. The molecule has 0 spiro atoms. The monoisotopic (exact) mass is 286 g/mol. The first kappa shape index (κ1) is 15.6. The van der Waals surface area contributed by atoms with E-state index in [-0.39, 0.29) is 12.0 Å². The number of carbonyl (C=O) groups is 1. The van der Waals surface area contributed by atoms with Crippen LogP contribution < -0.4 is 11.1 Å². The van der Waals surface area contributed by atoms with Gasteiger partial charge >= 0.3 is 0 Å². The summed E-state index contributed by atoms with van der Waals surface area (Å²) >= 11 is 0. The molecule has 1 atom stereocenters. The zero-order valence-electron chi connectivity index (χ0n) is 12.4. The van der Waals surface area contributed by atoms with Crippen molar-refractivity contribution in [2.24, 2.45) is 5.73 Å². The van der Waals surface area contributed by atoms with Crippen molar-refractivity contribution in [1.29, 1.82) is 0 Å². The molecule has 4 nitrogen and oxygen atoms in total. The fourth-order valence-corrected chi connectivity index (χ4v) is 2.47. The smallest absolute Gasteiger partial charge is 0.226 e. The average molecular weight is 286 g/mol. The molecule has 112 valence electrons. The summed E-state index contributed by atoms with van der Waals surface area (Å²) in [7, 11) is 0. The highest BCUT2D eigenvalue weighted by Gasteiger charge is 2.17. The third-order valence-corrected chi connectivity index (χ3v) is 3.38. The topological polar surface area (TPSA) is 64.3 Å². The van der Waals surface area contributed by atoms with Crippen LogP contribution >= 0.6 is 0 Å². The first-order valence-corrected chi connectivity index (χ1v) is 7.39. The highest BCUT2D eigenvalue weighted by molar-refractivity contribution is 5.91. The third kappa shape index (κ3) is 5.22. The van der Waals surface area contributed by atoms with Gasteiger partial charge in [0, 0.05) is 17.9 Å². The van der Waals surface area contributed by atoms with Crippen LogP contribution in [0.4, 0.5) is 5.69 Å². The number of hydrogen-bond acceptors (Lipinski definition) is 3. The van der Waals surface area contributed by atoms with Crippen LogP contribution in [0.3, 0.4) is 0 Å². The minimum Gasteiger partial charge on any atom is -0.378 e. The lowest BCUT2D eigenvalue weighted by Crippen LogP contribution is -2.25. The molecule has 1 aliphatic rings. The van der Waals surface area contributed by atoms with Gasteiger partial charge in [-0.3, -0.25) is 4.79 Å². The molecule has 1 amide bonds. The number of ether oxygens (including phenoxy) is 1. The van der Waals surface area contributed by atoms with Gasteiger partial charge in [0.15, 0.2) is 0 Å². The van der Waals surface area contributed by atoms with E-state index in [0.29, 0.717) is 13.0 Å². The van der Waals surface area contributed by atoms with Crippen LogP contribution in [0.1, 0.15) is 36.8 Å². The Morgan fingerprint density at radius 1 is 1.43 bits per heavy atom. The first-order chi connectivity index (χ1) is 10.2. The molecular weight excluding hydrogens is 264 g/mol. The minimum atomic E-state index is -0.00904. The molecule has 1 aromatic rings. The Morgan fingerprint density at radius 3 is 3.00 bits per heavy atom. The fraction of sp³-hybridized carbons (Fsp3) is 0.471. The van der Waals surface area contributed by atoms with Crippen LogP contribution in [0.25, 0.3) is 0 Å². The van der Waals surface area contributed by atoms with Crippen LogP contribution in [0.2, 0.25) is 0 Å². The number of carbonyl (C=O) groups excluding carboxylic acids is 1. The largest absolute Gasteiger partial charge is 0.378 e. The summed E-state index contributed by atoms with van der Waals surface area (Å²) in [5.41, 5.74) is 8.08. The average Bonchev–Trinajstić information content (AvgIpc) is 2.45. The number of hydrogen-bond donors (Lipinski definition) is 2. The molecular formula is C17H22N2O2. The molecule has 1 unspecified atom stereocenters. The molecule has 0 aromatic heterocycles. The van der Waals surface area contributed by atoms with Crippen molar-refractivity contribution in [3.05, 3.63) is 29.3 Å². The highest BCUT2D eigenvalue weighted by atomic mass is 16.5. The maximum Gasteiger partial charge on any atom is 0.226 e. The Morgan fingerprint density at radius 2 is 2.29 bits per heavy atom. The van der Waals surface area contributed by atoms with Crippen LogP contribution in [-0.2, 0) is 9.53 Å². The molecule has 1 aromatic carbocycles. The van der Waals surface area contributed by atoms with Crippen LogP contribution in [0.5, 0.6) is 0 Å². The second kappa shape index (κ2) is 7.82. The van der Waals surface area contributed by atoms with Gasteiger partial charge in [-0.25, -0.2) is 0 Å².